The van der Waals surface area contributed by atoms with Crippen molar-refractivity contribution in [1.29, 1.82) is 0 Å². The molecule has 1 aliphatic heterocycles. The van der Waals surface area contributed by atoms with E-state index in [1.807, 2.05) is 35.2 Å². The van der Waals surface area contributed by atoms with Crippen molar-refractivity contribution in [2.24, 2.45) is 0 Å². The molecule has 1 aromatic heterocycles. The Labute approximate surface area is 118 Å². The molecule has 3 rings (SSSR count). The molecule has 0 radical (unpaired) electrons. The van der Waals surface area contributed by atoms with Gasteiger partial charge in [0.05, 0.1) is 5.69 Å². The molecule has 2 aromatic rings. The molecule has 2 N–H and O–H groups in total. The number of rotatable bonds is 2. The second-order valence-corrected chi connectivity index (χ2v) is 5.03. The van der Waals surface area contributed by atoms with Gasteiger partial charge in [-0.15, -0.1) is 0 Å². The highest BCUT2D eigenvalue weighted by Gasteiger charge is 2.16. The van der Waals surface area contributed by atoms with Crippen molar-refractivity contribution in [3.8, 4) is 11.3 Å². The van der Waals surface area contributed by atoms with Crippen LogP contribution in [-0.4, -0.2) is 34.2 Å². The Bertz CT molecular complexity index is 556. The molecule has 5 heteroatoms. The van der Waals surface area contributed by atoms with Gasteiger partial charge in [0.2, 0.25) is 0 Å². The number of benzene rings is 1. The highest BCUT2D eigenvalue weighted by molar-refractivity contribution is 5.89. The van der Waals surface area contributed by atoms with Gasteiger partial charge < -0.3 is 10.2 Å². The normalized spacial score (nSPS) is 15.1. The number of hydrogen-bond acceptors (Lipinski definition) is 2. The summed E-state index contributed by atoms with van der Waals surface area (Å²) in [7, 11) is 0. The van der Waals surface area contributed by atoms with Crippen molar-refractivity contribution >= 4 is 11.7 Å². The molecule has 0 saturated carbocycles. The zero-order valence-electron chi connectivity index (χ0n) is 11.3. The standard InChI is InChI=1S/C15H18N4O/c20-15(19-10-2-1-3-11-19)17-13-6-4-12(5-7-13)14-8-9-16-18-14/h4-9H,1-3,10-11H2,(H,16,18)(H,17,20). The largest absolute Gasteiger partial charge is 0.325 e. The Balaban J connectivity index is 1.64. The lowest BCUT2D eigenvalue weighted by atomic mass is 10.1. The van der Waals surface area contributed by atoms with Crippen LogP contribution < -0.4 is 5.32 Å². The van der Waals surface area contributed by atoms with Crippen LogP contribution in [0.15, 0.2) is 36.5 Å². The Morgan fingerprint density at radius 2 is 1.85 bits per heavy atom. The van der Waals surface area contributed by atoms with E-state index in [2.05, 4.69) is 15.5 Å². The molecule has 1 saturated heterocycles. The van der Waals surface area contributed by atoms with E-state index in [9.17, 15) is 4.79 Å². The molecular weight excluding hydrogens is 252 g/mol. The molecule has 0 atom stereocenters. The molecule has 0 aliphatic carbocycles. The third-order valence-electron chi connectivity index (χ3n) is 3.59. The summed E-state index contributed by atoms with van der Waals surface area (Å²) in [6.07, 6.45) is 5.16. The number of carbonyl (C=O) groups is 1. The number of anilines is 1. The summed E-state index contributed by atoms with van der Waals surface area (Å²) in [4.78, 5) is 14.0. The van der Waals surface area contributed by atoms with Crippen LogP contribution in [-0.2, 0) is 0 Å². The smallest absolute Gasteiger partial charge is 0.321 e. The van der Waals surface area contributed by atoms with Gasteiger partial charge in [-0.05, 0) is 43.0 Å². The molecule has 0 bridgehead atoms. The minimum Gasteiger partial charge on any atom is -0.325 e. The Hall–Kier alpha value is -2.30. The second-order valence-electron chi connectivity index (χ2n) is 5.03. The van der Waals surface area contributed by atoms with Gasteiger partial charge in [-0.2, -0.15) is 5.10 Å². The maximum atomic E-state index is 12.1. The molecular formula is C15H18N4O. The van der Waals surface area contributed by atoms with E-state index in [0.717, 1.165) is 42.9 Å². The van der Waals surface area contributed by atoms with Crippen LogP contribution in [0.4, 0.5) is 10.5 Å². The number of nitrogens with zero attached hydrogens (tertiary/aromatic N) is 2. The first-order chi connectivity index (χ1) is 9.83. The van der Waals surface area contributed by atoms with Gasteiger partial charge in [-0.1, -0.05) is 12.1 Å². The molecule has 20 heavy (non-hydrogen) atoms. The van der Waals surface area contributed by atoms with Crippen LogP contribution in [0.5, 0.6) is 0 Å². The summed E-state index contributed by atoms with van der Waals surface area (Å²) >= 11 is 0. The minimum atomic E-state index is -0.000935. The van der Waals surface area contributed by atoms with Gasteiger partial charge in [0, 0.05) is 25.0 Å². The maximum absolute atomic E-state index is 12.1. The van der Waals surface area contributed by atoms with Crippen molar-refractivity contribution < 1.29 is 4.79 Å². The lowest BCUT2D eigenvalue weighted by Gasteiger charge is -2.26. The first-order valence-electron chi connectivity index (χ1n) is 6.99. The topological polar surface area (TPSA) is 61.0 Å². The quantitative estimate of drug-likeness (QED) is 0.881. The van der Waals surface area contributed by atoms with Gasteiger partial charge in [-0.3, -0.25) is 5.10 Å². The highest BCUT2D eigenvalue weighted by Crippen LogP contribution is 2.19. The third-order valence-corrected chi connectivity index (χ3v) is 3.59. The summed E-state index contributed by atoms with van der Waals surface area (Å²) in [6, 6.07) is 9.69. The second kappa shape index (κ2) is 5.77. The van der Waals surface area contributed by atoms with Crippen molar-refractivity contribution in [1.82, 2.24) is 15.1 Å². The van der Waals surface area contributed by atoms with E-state index in [0.29, 0.717) is 0 Å². The fourth-order valence-electron chi connectivity index (χ4n) is 2.45. The first kappa shape index (κ1) is 12.7. The minimum absolute atomic E-state index is 0.000935. The van der Waals surface area contributed by atoms with E-state index < -0.39 is 0 Å². The van der Waals surface area contributed by atoms with Crippen molar-refractivity contribution in [3.05, 3.63) is 36.5 Å². The fraction of sp³-hybridized carbons (Fsp3) is 0.333. The summed E-state index contributed by atoms with van der Waals surface area (Å²) in [6.45, 7) is 1.72. The number of likely N-dealkylation sites (tertiary alicyclic amines) is 1. The number of urea groups is 1. The van der Waals surface area contributed by atoms with Gasteiger partial charge >= 0.3 is 6.03 Å². The summed E-state index contributed by atoms with van der Waals surface area (Å²) in [5.41, 5.74) is 2.85. The average Bonchev–Trinajstić information content (AvgIpc) is 3.03. The number of carbonyl (C=O) groups excluding carboxylic acids is 1. The summed E-state index contributed by atoms with van der Waals surface area (Å²) < 4.78 is 0. The number of amides is 2. The maximum Gasteiger partial charge on any atom is 0.321 e. The van der Waals surface area contributed by atoms with E-state index in [-0.39, 0.29) is 6.03 Å². The van der Waals surface area contributed by atoms with Crippen LogP contribution in [0.25, 0.3) is 11.3 Å². The molecule has 0 unspecified atom stereocenters. The Kier molecular flexibility index (Phi) is 3.67. The first-order valence-corrected chi connectivity index (χ1v) is 6.99. The average molecular weight is 270 g/mol. The SMILES string of the molecule is O=C(Nc1ccc(-c2ccn[nH]2)cc1)N1CCCCC1. The van der Waals surface area contributed by atoms with Crippen LogP contribution in [0.2, 0.25) is 0 Å². The Morgan fingerprint density at radius 3 is 2.50 bits per heavy atom. The molecule has 1 fully saturated rings. The summed E-state index contributed by atoms with van der Waals surface area (Å²) in [5, 5.41) is 9.79. The predicted molar refractivity (Wildman–Crippen MR) is 78.5 cm³/mol. The molecule has 5 nitrogen and oxygen atoms in total. The van der Waals surface area contributed by atoms with Gasteiger partial charge in [0.15, 0.2) is 0 Å². The van der Waals surface area contributed by atoms with Crippen LogP contribution >= 0.6 is 0 Å². The number of nitrogens with one attached hydrogen (secondary N) is 2. The lowest BCUT2D eigenvalue weighted by molar-refractivity contribution is 0.200. The summed E-state index contributed by atoms with van der Waals surface area (Å²) in [5.74, 6) is 0. The molecule has 1 aromatic carbocycles. The third kappa shape index (κ3) is 2.82. The van der Waals surface area contributed by atoms with Gasteiger partial charge in [0.25, 0.3) is 0 Å². The van der Waals surface area contributed by atoms with Gasteiger partial charge in [0.1, 0.15) is 0 Å². The van der Waals surface area contributed by atoms with E-state index in [1.165, 1.54) is 6.42 Å². The Morgan fingerprint density at radius 1 is 1.10 bits per heavy atom. The fourth-order valence-corrected chi connectivity index (χ4v) is 2.45. The molecule has 1 aliphatic rings. The number of hydrogen-bond donors (Lipinski definition) is 2. The van der Waals surface area contributed by atoms with Crippen molar-refractivity contribution in [2.75, 3.05) is 18.4 Å². The molecule has 0 spiro atoms. The van der Waals surface area contributed by atoms with Crippen LogP contribution in [0, 0.1) is 0 Å². The van der Waals surface area contributed by atoms with Gasteiger partial charge in [-0.25, -0.2) is 4.79 Å². The molecule has 2 heterocycles. The van der Waals surface area contributed by atoms with Crippen molar-refractivity contribution in [2.45, 2.75) is 19.3 Å². The highest BCUT2D eigenvalue weighted by atomic mass is 16.2. The number of aromatic amines is 1. The zero-order chi connectivity index (χ0) is 13.8. The predicted octanol–water partition coefficient (Wildman–Crippen LogP) is 3.09. The monoisotopic (exact) mass is 270 g/mol. The lowest BCUT2D eigenvalue weighted by Crippen LogP contribution is -2.38. The van der Waals surface area contributed by atoms with Crippen LogP contribution in [0.3, 0.4) is 0 Å². The zero-order valence-corrected chi connectivity index (χ0v) is 11.3. The van der Waals surface area contributed by atoms with Crippen molar-refractivity contribution in [3.63, 3.8) is 0 Å². The number of piperidine rings is 1. The molecule has 104 valence electrons. The number of H-pyrrole nitrogens is 1. The molecule has 2 amide bonds. The number of aromatic nitrogens is 2. The van der Waals surface area contributed by atoms with E-state index in [4.69, 9.17) is 0 Å². The van der Waals surface area contributed by atoms with E-state index in [1.54, 1.807) is 6.20 Å². The van der Waals surface area contributed by atoms with Crippen LogP contribution in [0.1, 0.15) is 19.3 Å². The van der Waals surface area contributed by atoms with E-state index >= 15 is 0 Å².